The van der Waals surface area contributed by atoms with Crippen molar-refractivity contribution in [3.05, 3.63) is 47.2 Å². The van der Waals surface area contributed by atoms with Crippen LogP contribution in [-0.2, 0) is 4.79 Å². The van der Waals surface area contributed by atoms with Gasteiger partial charge in [-0.15, -0.1) is 0 Å². The highest BCUT2D eigenvalue weighted by Gasteiger charge is 2.42. The molecule has 1 aromatic rings. The van der Waals surface area contributed by atoms with Crippen molar-refractivity contribution in [2.24, 2.45) is 5.92 Å². The minimum absolute atomic E-state index is 0.0665. The fourth-order valence-corrected chi connectivity index (χ4v) is 4.11. The van der Waals surface area contributed by atoms with Gasteiger partial charge in [0.25, 0.3) is 0 Å². The van der Waals surface area contributed by atoms with Gasteiger partial charge < -0.3 is 4.90 Å². The summed E-state index contributed by atoms with van der Waals surface area (Å²) < 4.78 is 0. The third-order valence-electron chi connectivity index (χ3n) is 4.99. The van der Waals surface area contributed by atoms with E-state index in [1.54, 1.807) is 5.57 Å². The fourth-order valence-electron chi connectivity index (χ4n) is 4.11. The van der Waals surface area contributed by atoms with E-state index in [4.69, 9.17) is 0 Å². The summed E-state index contributed by atoms with van der Waals surface area (Å²) in [4.78, 5) is 14.9. The number of amides is 1. The standard InChI is InChI=1S/C17H19NO/c19-17-15(12-5-2-1-3-6-12)11-14-9-8-13-7-4-10-18(17)16(13)14/h1-3,5-6,13,15H,4,7-11H2. The summed E-state index contributed by atoms with van der Waals surface area (Å²) in [6, 6.07) is 10.3. The Morgan fingerprint density at radius 3 is 2.79 bits per heavy atom. The number of hydrogen-bond donors (Lipinski definition) is 0. The number of piperidine rings is 1. The molecule has 1 saturated heterocycles. The molecule has 0 radical (unpaired) electrons. The summed E-state index contributed by atoms with van der Waals surface area (Å²) in [7, 11) is 0. The normalized spacial score (nSPS) is 29.7. The zero-order valence-corrected chi connectivity index (χ0v) is 11.1. The highest BCUT2D eigenvalue weighted by atomic mass is 16.2. The van der Waals surface area contributed by atoms with E-state index in [-0.39, 0.29) is 5.92 Å². The van der Waals surface area contributed by atoms with Crippen molar-refractivity contribution < 1.29 is 4.79 Å². The summed E-state index contributed by atoms with van der Waals surface area (Å²) in [5, 5.41) is 0. The van der Waals surface area contributed by atoms with E-state index in [0.717, 1.165) is 13.0 Å². The van der Waals surface area contributed by atoms with Crippen LogP contribution in [0.2, 0.25) is 0 Å². The molecule has 0 aromatic heterocycles. The second kappa shape index (κ2) is 4.22. The van der Waals surface area contributed by atoms with Gasteiger partial charge in [0.2, 0.25) is 5.91 Å². The van der Waals surface area contributed by atoms with Gasteiger partial charge in [-0.25, -0.2) is 0 Å². The maximum Gasteiger partial charge on any atom is 0.234 e. The number of hydrogen-bond acceptors (Lipinski definition) is 1. The van der Waals surface area contributed by atoms with Crippen LogP contribution in [0.1, 0.15) is 43.6 Å². The van der Waals surface area contributed by atoms with Crippen molar-refractivity contribution in [2.45, 2.75) is 38.0 Å². The Bertz CT molecular complexity index is 546. The van der Waals surface area contributed by atoms with Crippen LogP contribution in [0, 0.1) is 5.92 Å². The van der Waals surface area contributed by atoms with Crippen molar-refractivity contribution >= 4 is 5.91 Å². The first-order chi connectivity index (χ1) is 9.34. The fraction of sp³-hybridized carbons (Fsp3) is 0.471. The van der Waals surface area contributed by atoms with Gasteiger partial charge >= 0.3 is 0 Å². The smallest absolute Gasteiger partial charge is 0.234 e. The molecular weight excluding hydrogens is 234 g/mol. The summed E-state index contributed by atoms with van der Waals surface area (Å²) in [5.41, 5.74) is 4.18. The van der Waals surface area contributed by atoms with Crippen LogP contribution in [0.4, 0.5) is 0 Å². The number of nitrogens with zero attached hydrogens (tertiary/aromatic N) is 1. The molecule has 1 amide bonds. The zero-order chi connectivity index (χ0) is 12.8. The number of benzene rings is 1. The Kier molecular flexibility index (Phi) is 2.51. The summed E-state index contributed by atoms with van der Waals surface area (Å²) in [6.07, 6.45) is 5.92. The molecule has 2 heteroatoms. The SMILES string of the molecule is O=C1C(c2ccccc2)CC2=C3C(CCCN13)CC2. The molecule has 2 atom stereocenters. The molecule has 0 saturated carbocycles. The second-order valence-corrected chi connectivity index (χ2v) is 6.02. The lowest BCUT2D eigenvalue weighted by Crippen LogP contribution is -2.42. The lowest BCUT2D eigenvalue weighted by molar-refractivity contribution is -0.132. The molecule has 0 spiro atoms. The van der Waals surface area contributed by atoms with E-state index in [1.165, 1.54) is 36.9 Å². The highest BCUT2D eigenvalue weighted by molar-refractivity contribution is 5.87. The summed E-state index contributed by atoms with van der Waals surface area (Å²) in [5.74, 6) is 1.10. The topological polar surface area (TPSA) is 20.3 Å². The molecule has 0 N–H and O–H groups in total. The predicted octanol–water partition coefficient (Wildman–Crippen LogP) is 3.46. The van der Waals surface area contributed by atoms with Crippen LogP contribution < -0.4 is 0 Å². The van der Waals surface area contributed by atoms with E-state index in [1.807, 2.05) is 18.2 Å². The second-order valence-electron chi connectivity index (χ2n) is 6.02. The lowest BCUT2D eigenvalue weighted by atomic mass is 9.84. The molecule has 4 rings (SSSR count). The van der Waals surface area contributed by atoms with Gasteiger partial charge in [0.15, 0.2) is 0 Å². The number of allylic oxidation sites excluding steroid dienone is 2. The number of carbonyl (C=O) groups is 1. The first kappa shape index (κ1) is 11.3. The van der Waals surface area contributed by atoms with Gasteiger partial charge in [0.05, 0.1) is 5.92 Å². The molecule has 19 heavy (non-hydrogen) atoms. The van der Waals surface area contributed by atoms with Crippen LogP contribution in [-0.4, -0.2) is 17.4 Å². The largest absolute Gasteiger partial charge is 0.315 e. The van der Waals surface area contributed by atoms with E-state index < -0.39 is 0 Å². The first-order valence-electron chi connectivity index (χ1n) is 7.43. The van der Waals surface area contributed by atoms with Crippen LogP contribution in [0.25, 0.3) is 0 Å². The van der Waals surface area contributed by atoms with Gasteiger partial charge in [-0.3, -0.25) is 4.79 Å². The van der Waals surface area contributed by atoms with Crippen molar-refractivity contribution in [3.63, 3.8) is 0 Å². The third kappa shape index (κ3) is 1.66. The van der Waals surface area contributed by atoms with Crippen molar-refractivity contribution in [1.29, 1.82) is 0 Å². The van der Waals surface area contributed by atoms with Gasteiger partial charge in [0, 0.05) is 12.2 Å². The van der Waals surface area contributed by atoms with Crippen LogP contribution in [0.3, 0.4) is 0 Å². The molecule has 1 aromatic carbocycles. The van der Waals surface area contributed by atoms with Crippen molar-refractivity contribution in [1.82, 2.24) is 4.90 Å². The quantitative estimate of drug-likeness (QED) is 0.750. The minimum Gasteiger partial charge on any atom is -0.315 e. The molecule has 2 aliphatic heterocycles. The van der Waals surface area contributed by atoms with Gasteiger partial charge in [-0.05, 0) is 49.2 Å². The Hall–Kier alpha value is -1.57. The van der Waals surface area contributed by atoms with E-state index in [0.29, 0.717) is 11.8 Å². The molecule has 2 unspecified atom stereocenters. The predicted molar refractivity (Wildman–Crippen MR) is 74.5 cm³/mol. The van der Waals surface area contributed by atoms with E-state index in [2.05, 4.69) is 17.0 Å². The van der Waals surface area contributed by atoms with Crippen LogP contribution in [0.5, 0.6) is 0 Å². The molecule has 1 aliphatic carbocycles. The molecule has 3 aliphatic rings. The summed E-state index contributed by atoms with van der Waals surface area (Å²) in [6.45, 7) is 0.942. The van der Waals surface area contributed by atoms with Crippen molar-refractivity contribution in [2.75, 3.05) is 6.54 Å². The number of rotatable bonds is 1. The third-order valence-corrected chi connectivity index (χ3v) is 4.99. The lowest BCUT2D eigenvalue weighted by Gasteiger charge is -2.39. The molecule has 0 bridgehead atoms. The molecule has 2 heterocycles. The van der Waals surface area contributed by atoms with Crippen molar-refractivity contribution in [3.8, 4) is 0 Å². The average Bonchev–Trinajstić information content (AvgIpc) is 2.88. The molecule has 98 valence electrons. The Morgan fingerprint density at radius 1 is 1.11 bits per heavy atom. The van der Waals surface area contributed by atoms with Gasteiger partial charge in [0.1, 0.15) is 0 Å². The number of carbonyl (C=O) groups excluding carboxylic acids is 1. The van der Waals surface area contributed by atoms with Crippen LogP contribution in [0.15, 0.2) is 41.6 Å². The molecule has 2 nitrogen and oxygen atoms in total. The summed E-state index contributed by atoms with van der Waals surface area (Å²) >= 11 is 0. The minimum atomic E-state index is 0.0665. The average molecular weight is 253 g/mol. The Morgan fingerprint density at radius 2 is 1.95 bits per heavy atom. The maximum atomic E-state index is 12.8. The van der Waals surface area contributed by atoms with E-state index in [9.17, 15) is 4.79 Å². The zero-order valence-electron chi connectivity index (χ0n) is 11.1. The van der Waals surface area contributed by atoms with E-state index >= 15 is 0 Å². The maximum absolute atomic E-state index is 12.8. The first-order valence-corrected chi connectivity index (χ1v) is 7.43. The molecular formula is C17H19NO. The Labute approximate surface area is 114 Å². The Balaban J connectivity index is 1.74. The highest BCUT2D eigenvalue weighted by Crippen LogP contribution is 2.47. The monoisotopic (exact) mass is 253 g/mol. The van der Waals surface area contributed by atoms with Crippen LogP contribution >= 0.6 is 0 Å². The molecule has 1 fully saturated rings. The van der Waals surface area contributed by atoms with Gasteiger partial charge in [-0.1, -0.05) is 30.3 Å². The van der Waals surface area contributed by atoms with Gasteiger partial charge in [-0.2, -0.15) is 0 Å².